The molecule has 1 amide bonds. The molecular formula is C7H14N2O4. The smallest absolute Gasteiger partial charge is 0.333 e. The molecule has 6 nitrogen and oxygen atoms in total. The lowest BCUT2D eigenvalue weighted by Gasteiger charge is -2.03. The number of nitrogens with one attached hydrogen (secondary N) is 2. The van der Waals surface area contributed by atoms with E-state index in [9.17, 15) is 9.59 Å². The number of esters is 1. The Morgan fingerprint density at radius 3 is 2.46 bits per heavy atom. The maximum absolute atomic E-state index is 10.8. The Bertz CT molecular complexity index is 172. The second-order valence-corrected chi connectivity index (χ2v) is 2.18. The van der Waals surface area contributed by atoms with Crippen molar-refractivity contribution in [3.8, 4) is 0 Å². The highest BCUT2D eigenvalue weighted by Gasteiger charge is 2.03. The number of rotatable bonds is 6. The molecule has 6 heteroatoms. The zero-order valence-corrected chi connectivity index (χ0v) is 7.75. The minimum absolute atomic E-state index is 0.134. The van der Waals surface area contributed by atoms with Gasteiger partial charge in [0.2, 0.25) is 5.91 Å². The molecule has 0 rings (SSSR count). The van der Waals surface area contributed by atoms with E-state index >= 15 is 0 Å². The molecule has 0 aliphatic rings. The quantitative estimate of drug-likeness (QED) is 0.392. The van der Waals surface area contributed by atoms with Gasteiger partial charge in [-0.1, -0.05) is 0 Å². The van der Waals surface area contributed by atoms with Crippen LogP contribution in [0.5, 0.6) is 0 Å². The number of ether oxygens (including phenoxy) is 2. The van der Waals surface area contributed by atoms with Gasteiger partial charge in [-0.2, -0.15) is 0 Å². The Hall–Kier alpha value is -1.14. The maximum Gasteiger partial charge on any atom is 0.333 e. The van der Waals surface area contributed by atoms with Crippen LogP contribution in [0.15, 0.2) is 0 Å². The lowest BCUT2D eigenvalue weighted by molar-refractivity contribution is -0.150. The van der Waals surface area contributed by atoms with E-state index in [0.29, 0.717) is 0 Å². The van der Waals surface area contributed by atoms with E-state index in [1.807, 2.05) is 0 Å². The van der Waals surface area contributed by atoms with Crippen LogP contribution < -0.4 is 10.6 Å². The van der Waals surface area contributed by atoms with Gasteiger partial charge in [0.05, 0.1) is 0 Å². The molecule has 76 valence electrons. The number of carbonyl (C=O) groups is 2. The van der Waals surface area contributed by atoms with Crippen LogP contribution in [0.25, 0.3) is 0 Å². The van der Waals surface area contributed by atoms with Gasteiger partial charge in [-0.3, -0.25) is 10.1 Å². The molecule has 0 fully saturated rings. The molecule has 0 radical (unpaired) electrons. The summed E-state index contributed by atoms with van der Waals surface area (Å²) >= 11 is 0. The van der Waals surface area contributed by atoms with Crippen molar-refractivity contribution < 1.29 is 19.1 Å². The molecule has 0 aromatic carbocycles. The van der Waals surface area contributed by atoms with Gasteiger partial charge in [-0.15, -0.1) is 0 Å². The summed E-state index contributed by atoms with van der Waals surface area (Å²) in [6.07, 6.45) is 0. The van der Waals surface area contributed by atoms with Crippen molar-refractivity contribution in [2.45, 2.75) is 0 Å². The molecule has 0 spiro atoms. The lowest BCUT2D eigenvalue weighted by Crippen LogP contribution is -2.26. The van der Waals surface area contributed by atoms with E-state index in [0.717, 1.165) is 0 Å². The third-order valence-electron chi connectivity index (χ3n) is 1.11. The van der Waals surface area contributed by atoms with Gasteiger partial charge >= 0.3 is 5.97 Å². The van der Waals surface area contributed by atoms with Gasteiger partial charge in [-0.25, -0.2) is 4.79 Å². The highest BCUT2D eigenvalue weighted by molar-refractivity contribution is 5.77. The minimum atomic E-state index is -0.502. The van der Waals surface area contributed by atoms with Gasteiger partial charge in [0.1, 0.15) is 19.9 Å². The molecular weight excluding hydrogens is 176 g/mol. The molecule has 0 saturated carbocycles. The SMILES string of the molecule is CNCOC(=O)COCC(=O)NC. The fraction of sp³-hybridized carbons (Fsp3) is 0.714. The molecule has 0 aromatic rings. The van der Waals surface area contributed by atoms with Gasteiger partial charge in [0, 0.05) is 7.05 Å². The third kappa shape index (κ3) is 7.23. The van der Waals surface area contributed by atoms with Gasteiger partial charge < -0.3 is 14.8 Å². The van der Waals surface area contributed by atoms with Crippen LogP contribution in [0, 0.1) is 0 Å². The van der Waals surface area contributed by atoms with Gasteiger partial charge in [0.25, 0.3) is 0 Å². The van der Waals surface area contributed by atoms with Crippen LogP contribution in [0.2, 0.25) is 0 Å². The van der Waals surface area contributed by atoms with Crippen LogP contribution in [0.1, 0.15) is 0 Å². The van der Waals surface area contributed by atoms with Crippen LogP contribution in [-0.2, 0) is 19.1 Å². The van der Waals surface area contributed by atoms with Crippen molar-refractivity contribution >= 4 is 11.9 Å². The van der Waals surface area contributed by atoms with Crippen molar-refractivity contribution in [2.24, 2.45) is 0 Å². The Morgan fingerprint density at radius 1 is 1.23 bits per heavy atom. The van der Waals surface area contributed by atoms with Crippen molar-refractivity contribution in [1.82, 2.24) is 10.6 Å². The number of likely N-dealkylation sites (N-methyl/N-ethyl adjacent to an activating group) is 1. The van der Waals surface area contributed by atoms with Gasteiger partial charge in [0.15, 0.2) is 0 Å². The van der Waals surface area contributed by atoms with Crippen molar-refractivity contribution in [3.63, 3.8) is 0 Å². The van der Waals surface area contributed by atoms with Crippen molar-refractivity contribution in [2.75, 3.05) is 34.0 Å². The van der Waals surface area contributed by atoms with E-state index in [-0.39, 0.29) is 25.9 Å². The number of hydrogen-bond donors (Lipinski definition) is 2. The molecule has 0 bridgehead atoms. The van der Waals surface area contributed by atoms with Crippen molar-refractivity contribution in [3.05, 3.63) is 0 Å². The summed E-state index contributed by atoms with van der Waals surface area (Å²) in [7, 11) is 3.14. The minimum Gasteiger partial charge on any atom is -0.448 e. The summed E-state index contributed by atoms with van der Waals surface area (Å²) in [5.41, 5.74) is 0. The first-order valence-electron chi connectivity index (χ1n) is 3.79. The Morgan fingerprint density at radius 2 is 1.92 bits per heavy atom. The number of carbonyl (C=O) groups excluding carboxylic acids is 2. The summed E-state index contributed by atoms with van der Waals surface area (Å²) in [5, 5.41) is 4.98. The molecule has 13 heavy (non-hydrogen) atoms. The summed E-state index contributed by atoms with van der Waals surface area (Å²) in [5.74, 6) is -0.778. The summed E-state index contributed by atoms with van der Waals surface area (Å²) < 4.78 is 9.33. The van der Waals surface area contributed by atoms with E-state index in [1.54, 1.807) is 7.05 Å². The predicted molar refractivity (Wildman–Crippen MR) is 44.9 cm³/mol. The summed E-state index contributed by atoms with van der Waals surface area (Å²) in [6.45, 7) is -0.206. The highest BCUT2D eigenvalue weighted by atomic mass is 16.6. The molecule has 0 aliphatic carbocycles. The largest absolute Gasteiger partial charge is 0.448 e. The molecule has 2 N–H and O–H groups in total. The average molecular weight is 190 g/mol. The standard InChI is InChI=1S/C7H14N2O4/c1-8-5-13-7(11)4-12-3-6(10)9-2/h8H,3-5H2,1-2H3,(H,9,10). The lowest BCUT2D eigenvalue weighted by atomic mass is 10.6. The second kappa shape index (κ2) is 7.51. The predicted octanol–water partition coefficient (Wildman–Crippen LogP) is -1.53. The number of hydrogen-bond acceptors (Lipinski definition) is 5. The zero-order chi connectivity index (χ0) is 10.1. The third-order valence-corrected chi connectivity index (χ3v) is 1.11. The van der Waals surface area contributed by atoms with E-state index < -0.39 is 5.97 Å². The molecule has 0 unspecified atom stereocenters. The normalized spacial score (nSPS) is 9.38. The molecule has 0 atom stereocenters. The Balaban J connectivity index is 3.31. The summed E-state index contributed by atoms with van der Waals surface area (Å²) in [6, 6.07) is 0. The fourth-order valence-electron chi connectivity index (χ4n) is 0.494. The first-order chi connectivity index (χ1) is 6.20. The monoisotopic (exact) mass is 190 g/mol. The van der Waals surface area contributed by atoms with Gasteiger partial charge in [-0.05, 0) is 7.05 Å². The molecule has 0 saturated heterocycles. The maximum atomic E-state index is 10.8. The summed E-state index contributed by atoms with van der Waals surface area (Å²) in [4.78, 5) is 21.4. The molecule has 0 heterocycles. The molecule has 0 aliphatic heterocycles. The van der Waals surface area contributed by atoms with E-state index in [1.165, 1.54) is 7.05 Å². The molecule has 0 aromatic heterocycles. The second-order valence-electron chi connectivity index (χ2n) is 2.18. The Kier molecular flexibility index (Phi) is 6.85. The number of amides is 1. The first kappa shape index (κ1) is 11.9. The highest BCUT2D eigenvalue weighted by Crippen LogP contribution is 1.80. The Labute approximate surface area is 76.6 Å². The van der Waals surface area contributed by atoms with Crippen LogP contribution in [0.4, 0.5) is 0 Å². The average Bonchev–Trinajstić information content (AvgIpc) is 2.14. The topological polar surface area (TPSA) is 76.7 Å². The van der Waals surface area contributed by atoms with Crippen LogP contribution in [0.3, 0.4) is 0 Å². The fourth-order valence-corrected chi connectivity index (χ4v) is 0.494. The van der Waals surface area contributed by atoms with E-state index in [4.69, 9.17) is 4.74 Å². The van der Waals surface area contributed by atoms with Crippen LogP contribution in [-0.4, -0.2) is 45.9 Å². The van der Waals surface area contributed by atoms with Crippen LogP contribution >= 0.6 is 0 Å². The zero-order valence-electron chi connectivity index (χ0n) is 7.75. The first-order valence-corrected chi connectivity index (χ1v) is 3.79. The van der Waals surface area contributed by atoms with E-state index in [2.05, 4.69) is 15.4 Å². The van der Waals surface area contributed by atoms with Crippen molar-refractivity contribution in [1.29, 1.82) is 0 Å².